The van der Waals surface area contributed by atoms with E-state index in [1.165, 1.54) is 17.5 Å². The number of nitrogens with zero attached hydrogens (tertiary/aromatic N) is 3. The molecule has 0 saturated heterocycles. The molecule has 0 spiro atoms. The van der Waals surface area contributed by atoms with Gasteiger partial charge in [-0.25, -0.2) is 4.52 Å². The monoisotopic (exact) mass is 351 g/mol. The number of nitrogens with two attached hydrogens (primary N) is 2. The van der Waals surface area contributed by atoms with Crippen LogP contribution in [0, 0.1) is 6.92 Å². The number of thiazole rings is 1. The van der Waals surface area contributed by atoms with E-state index in [4.69, 9.17) is 11.5 Å². The molecule has 3 aromatic heterocycles. The van der Waals surface area contributed by atoms with E-state index >= 15 is 0 Å². The van der Waals surface area contributed by atoms with Crippen LogP contribution in [0.15, 0.2) is 22.2 Å². The number of nitrogen functional groups attached to an aromatic ring is 1. The lowest BCUT2D eigenvalue weighted by molar-refractivity contribution is 0.100. The highest BCUT2D eigenvalue weighted by Gasteiger charge is 2.20. The summed E-state index contributed by atoms with van der Waals surface area (Å²) in [6.07, 6.45) is 3.08. The third-order valence-corrected chi connectivity index (χ3v) is 4.76. The summed E-state index contributed by atoms with van der Waals surface area (Å²) in [5.74, 6) is -0.497. The van der Waals surface area contributed by atoms with Gasteiger partial charge in [-0.05, 0) is 28.9 Å². The molecule has 6 nitrogen and oxygen atoms in total. The molecule has 102 valence electrons. The predicted molar refractivity (Wildman–Crippen MR) is 81.7 cm³/mol. The Balaban J connectivity index is 2.34. The normalized spacial score (nSPS) is 11.1. The molecule has 1 amide bonds. The summed E-state index contributed by atoms with van der Waals surface area (Å²) in [5.41, 5.74) is 14.6. The third-order valence-electron chi connectivity index (χ3n) is 2.94. The zero-order valence-electron chi connectivity index (χ0n) is 10.4. The molecule has 0 aromatic carbocycles. The second kappa shape index (κ2) is 4.57. The van der Waals surface area contributed by atoms with Crippen LogP contribution in [0.5, 0.6) is 0 Å². The van der Waals surface area contributed by atoms with Gasteiger partial charge in [-0.1, -0.05) is 0 Å². The van der Waals surface area contributed by atoms with Gasteiger partial charge in [-0.2, -0.15) is 5.10 Å². The van der Waals surface area contributed by atoms with Crippen LogP contribution in [0.4, 0.5) is 5.69 Å². The van der Waals surface area contributed by atoms with Crippen molar-refractivity contribution in [3.05, 3.63) is 33.5 Å². The molecule has 0 radical (unpaired) electrons. The fraction of sp³-hybridized carbons (Fsp3) is 0.0833. The largest absolute Gasteiger partial charge is 0.397 e. The van der Waals surface area contributed by atoms with E-state index in [0.29, 0.717) is 16.1 Å². The van der Waals surface area contributed by atoms with Gasteiger partial charge in [0.05, 0.1) is 33.1 Å². The van der Waals surface area contributed by atoms with Gasteiger partial charge < -0.3 is 11.5 Å². The fourth-order valence-corrected chi connectivity index (χ4v) is 3.78. The number of primary amides is 1. The molecule has 0 atom stereocenters. The summed E-state index contributed by atoms with van der Waals surface area (Å²) >= 11 is 4.90. The van der Waals surface area contributed by atoms with E-state index in [1.54, 1.807) is 10.7 Å². The Morgan fingerprint density at radius 2 is 2.20 bits per heavy atom. The van der Waals surface area contributed by atoms with E-state index in [9.17, 15) is 4.79 Å². The Morgan fingerprint density at radius 3 is 2.90 bits per heavy atom. The van der Waals surface area contributed by atoms with E-state index in [0.717, 1.165) is 20.7 Å². The number of carbonyl (C=O) groups is 1. The van der Waals surface area contributed by atoms with Crippen LogP contribution in [0.2, 0.25) is 0 Å². The van der Waals surface area contributed by atoms with Crippen LogP contribution in [-0.2, 0) is 0 Å². The SMILES string of the molecule is Cc1ncc(N)cc1-c1c(Br)sc2c(C(N)=O)cnn12. The zero-order chi connectivity index (χ0) is 14.4. The maximum Gasteiger partial charge on any atom is 0.253 e. The molecule has 3 aromatic rings. The summed E-state index contributed by atoms with van der Waals surface area (Å²) in [7, 11) is 0. The minimum absolute atomic E-state index is 0.400. The van der Waals surface area contributed by atoms with Crippen LogP contribution in [0.25, 0.3) is 16.1 Å². The number of aromatic nitrogens is 3. The number of amides is 1. The topological polar surface area (TPSA) is 99.3 Å². The van der Waals surface area contributed by atoms with E-state index in [2.05, 4.69) is 26.0 Å². The highest BCUT2D eigenvalue weighted by Crippen LogP contribution is 2.38. The van der Waals surface area contributed by atoms with Gasteiger partial charge >= 0.3 is 0 Å². The Labute approximate surface area is 126 Å². The van der Waals surface area contributed by atoms with E-state index in [-0.39, 0.29) is 0 Å². The van der Waals surface area contributed by atoms with Crippen molar-refractivity contribution in [3.8, 4) is 11.3 Å². The number of halogens is 1. The number of hydrogen-bond donors (Lipinski definition) is 2. The number of pyridine rings is 1. The summed E-state index contributed by atoms with van der Waals surface area (Å²) < 4.78 is 2.52. The van der Waals surface area contributed by atoms with Crippen molar-refractivity contribution in [1.82, 2.24) is 14.6 Å². The van der Waals surface area contributed by atoms with Crippen LogP contribution in [0.1, 0.15) is 16.1 Å². The van der Waals surface area contributed by atoms with Gasteiger partial charge in [0.1, 0.15) is 4.83 Å². The third kappa shape index (κ3) is 1.88. The Kier molecular flexibility index (Phi) is 2.98. The van der Waals surface area contributed by atoms with Crippen LogP contribution in [0.3, 0.4) is 0 Å². The predicted octanol–water partition coefficient (Wildman–Crippen LogP) is 2.21. The molecule has 0 aliphatic rings. The fourth-order valence-electron chi connectivity index (χ4n) is 1.99. The minimum atomic E-state index is -0.497. The second-order valence-electron chi connectivity index (χ2n) is 4.27. The van der Waals surface area contributed by atoms with Crippen molar-refractivity contribution in [2.24, 2.45) is 5.73 Å². The smallest absolute Gasteiger partial charge is 0.253 e. The van der Waals surface area contributed by atoms with Gasteiger partial charge in [0, 0.05) is 11.3 Å². The number of aryl methyl sites for hydroxylation is 1. The van der Waals surface area contributed by atoms with Gasteiger partial charge in [-0.15, -0.1) is 11.3 Å². The van der Waals surface area contributed by atoms with E-state index < -0.39 is 5.91 Å². The molecule has 0 bridgehead atoms. The molecule has 0 unspecified atom stereocenters. The molecular formula is C12H10BrN5OS. The highest BCUT2D eigenvalue weighted by atomic mass is 79.9. The van der Waals surface area contributed by atoms with Crippen LogP contribution < -0.4 is 11.5 Å². The lowest BCUT2D eigenvalue weighted by atomic mass is 10.1. The summed E-state index contributed by atoms with van der Waals surface area (Å²) in [6.45, 7) is 1.89. The first kappa shape index (κ1) is 13.1. The molecule has 20 heavy (non-hydrogen) atoms. The molecule has 0 aliphatic heterocycles. The molecule has 0 saturated carbocycles. The molecule has 8 heteroatoms. The Bertz CT molecular complexity index is 838. The van der Waals surface area contributed by atoms with Crippen molar-refractivity contribution < 1.29 is 4.79 Å². The molecule has 3 heterocycles. The van der Waals surface area contributed by atoms with Gasteiger partial charge in [-0.3, -0.25) is 9.78 Å². The molecular weight excluding hydrogens is 342 g/mol. The Hall–Kier alpha value is -1.93. The van der Waals surface area contributed by atoms with Crippen LogP contribution in [-0.4, -0.2) is 20.5 Å². The minimum Gasteiger partial charge on any atom is -0.397 e. The quantitative estimate of drug-likeness (QED) is 0.739. The summed E-state index contributed by atoms with van der Waals surface area (Å²) in [4.78, 5) is 16.3. The van der Waals surface area contributed by atoms with E-state index in [1.807, 2.05) is 13.0 Å². The first-order valence-electron chi connectivity index (χ1n) is 5.67. The number of carbonyl (C=O) groups excluding carboxylic acids is 1. The van der Waals surface area contributed by atoms with Crippen LogP contribution >= 0.6 is 27.3 Å². The summed E-state index contributed by atoms with van der Waals surface area (Å²) in [6, 6.07) is 1.83. The van der Waals surface area contributed by atoms with Crippen molar-refractivity contribution in [3.63, 3.8) is 0 Å². The number of fused-ring (bicyclic) bond motifs is 1. The van der Waals surface area contributed by atoms with Gasteiger partial charge in [0.15, 0.2) is 0 Å². The van der Waals surface area contributed by atoms with Crippen molar-refractivity contribution in [1.29, 1.82) is 0 Å². The van der Waals surface area contributed by atoms with Crippen molar-refractivity contribution in [2.45, 2.75) is 6.92 Å². The number of anilines is 1. The zero-order valence-corrected chi connectivity index (χ0v) is 12.8. The lowest BCUT2D eigenvalue weighted by Gasteiger charge is -2.05. The molecule has 3 rings (SSSR count). The first-order chi connectivity index (χ1) is 9.49. The number of hydrogen-bond acceptors (Lipinski definition) is 5. The molecule has 0 aliphatic carbocycles. The maximum absolute atomic E-state index is 11.4. The first-order valence-corrected chi connectivity index (χ1v) is 7.28. The number of rotatable bonds is 2. The molecule has 0 fully saturated rings. The van der Waals surface area contributed by atoms with Crippen molar-refractivity contribution in [2.75, 3.05) is 5.73 Å². The Morgan fingerprint density at radius 1 is 1.45 bits per heavy atom. The van der Waals surface area contributed by atoms with Gasteiger partial charge in [0.25, 0.3) is 5.91 Å². The lowest BCUT2D eigenvalue weighted by Crippen LogP contribution is -2.09. The standard InChI is InChI=1S/C12H10BrN5OS/c1-5-7(2-6(14)3-16-5)9-10(13)20-12-8(11(15)19)4-17-18(9)12/h2-4H,14H2,1H3,(H2,15,19). The van der Waals surface area contributed by atoms with Crippen molar-refractivity contribution >= 4 is 43.7 Å². The summed E-state index contributed by atoms with van der Waals surface area (Å²) in [5, 5.41) is 4.24. The highest BCUT2D eigenvalue weighted by molar-refractivity contribution is 9.11. The average Bonchev–Trinajstić information content (AvgIpc) is 2.90. The maximum atomic E-state index is 11.4. The second-order valence-corrected chi connectivity index (χ2v) is 6.58. The molecule has 4 N–H and O–H groups in total. The average molecular weight is 352 g/mol. The van der Waals surface area contributed by atoms with Gasteiger partial charge in [0.2, 0.25) is 0 Å².